The van der Waals surface area contributed by atoms with E-state index in [2.05, 4.69) is 96.9 Å². The van der Waals surface area contributed by atoms with Gasteiger partial charge in [0.1, 0.15) is 5.82 Å². The van der Waals surface area contributed by atoms with Crippen LogP contribution in [0.4, 0.5) is 11.5 Å². The van der Waals surface area contributed by atoms with Gasteiger partial charge in [-0.2, -0.15) is 0 Å². The molecule has 2 N–H and O–H groups in total. The number of hydrogen-bond donors (Lipinski definition) is 2. The maximum absolute atomic E-state index is 8.92. The molecule has 4 rings (SSSR count). The van der Waals surface area contributed by atoms with Crippen LogP contribution in [0.5, 0.6) is 0 Å². The Bertz CT molecular complexity index is 933. The van der Waals surface area contributed by atoms with Gasteiger partial charge in [0.05, 0.1) is 0 Å². The summed E-state index contributed by atoms with van der Waals surface area (Å²) < 4.78 is 0. The van der Waals surface area contributed by atoms with Gasteiger partial charge in [-0.05, 0) is 47.9 Å². The number of aliphatic hydroxyl groups excluding tert-OH is 1. The average Bonchev–Trinajstić information content (AvgIpc) is 3.17. The number of rotatable bonds is 5. The Morgan fingerprint density at radius 1 is 0.784 bits per heavy atom. The third-order valence-electron chi connectivity index (χ3n) is 7.29. The van der Waals surface area contributed by atoms with E-state index in [-0.39, 0.29) is 10.8 Å². The number of aromatic nitrogens is 1. The van der Waals surface area contributed by atoms with E-state index in [1.165, 1.54) is 29.1 Å². The van der Waals surface area contributed by atoms with Gasteiger partial charge >= 0.3 is 0 Å². The molecule has 0 spiro atoms. The summed E-state index contributed by atoms with van der Waals surface area (Å²) >= 11 is 0. The summed E-state index contributed by atoms with van der Waals surface area (Å²) in [7, 11) is 0. The first-order valence-corrected chi connectivity index (χ1v) is 14.2. The summed E-state index contributed by atoms with van der Waals surface area (Å²) in [5.41, 5.74) is 4.51. The Morgan fingerprint density at radius 2 is 1.46 bits per heavy atom. The molecule has 0 aliphatic carbocycles. The highest BCUT2D eigenvalue weighted by atomic mass is 16.3. The fourth-order valence-electron chi connectivity index (χ4n) is 5.18. The molecule has 0 radical (unpaired) electrons. The van der Waals surface area contributed by atoms with E-state index >= 15 is 0 Å². The molecule has 1 aromatic carbocycles. The van der Waals surface area contributed by atoms with E-state index in [9.17, 15) is 0 Å². The number of pyridine rings is 1. The maximum Gasteiger partial charge on any atom is 0.132 e. The number of piperazine rings is 1. The van der Waals surface area contributed by atoms with Crippen LogP contribution in [0.1, 0.15) is 65.5 Å². The lowest BCUT2D eigenvalue weighted by Gasteiger charge is -2.38. The molecule has 0 bridgehead atoms. The molecule has 0 atom stereocenters. The van der Waals surface area contributed by atoms with Crippen molar-refractivity contribution >= 4 is 11.5 Å². The van der Waals surface area contributed by atoms with Gasteiger partial charge in [0.25, 0.3) is 0 Å². The smallest absolute Gasteiger partial charge is 0.132 e. The predicted octanol–water partition coefficient (Wildman–Crippen LogP) is 4.67. The minimum Gasteiger partial charge on any atom is -0.396 e. The van der Waals surface area contributed by atoms with E-state index < -0.39 is 0 Å². The summed E-state index contributed by atoms with van der Waals surface area (Å²) in [5.74, 6) is 1.17. The summed E-state index contributed by atoms with van der Waals surface area (Å²) in [6.45, 7) is 23.6. The minimum atomic E-state index is 0.156. The Kier molecular flexibility index (Phi) is 10.8. The van der Waals surface area contributed by atoms with Crippen LogP contribution in [0.25, 0.3) is 0 Å². The predicted molar refractivity (Wildman–Crippen MR) is 158 cm³/mol. The standard InChI is InChI=1S/C17H28N2O.C14H23N3/c1-17(2,3)15-7-4-5-8-16(15)19-12-10-18(11-13-19)9-6-14-20;1-14(2,3)12-6-4-8-16-13(12)17-10-5-7-15-9-11-17/h4-5,7-8,20H,6,9-14H2,1-3H3;4,6,8,15H,5,7,9-11H2,1-3H3. The quantitative estimate of drug-likeness (QED) is 0.611. The molecule has 206 valence electrons. The largest absolute Gasteiger partial charge is 0.396 e. The van der Waals surface area contributed by atoms with Gasteiger partial charge in [-0.3, -0.25) is 4.90 Å². The summed E-state index contributed by atoms with van der Waals surface area (Å²) in [6.07, 6.45) is 3.99. The first kappa shape index (κ1) is 29.4. The van der Waals surface area contributed by atoms with Crippen LogP contribution in [-0.2, 0) is 10.8 Å². The average molecular weight is 510 g/mol. The third-order valence-corrected chi connectivity index (χ3v) is 7.29. The second kappa shape index (κ2) is 13.6. The van der Waals surface area contributed by atoms with Crippen LogP contribution in [0.2, 0.25) is 0 Å². The maximum atomic E-state index is 8.92. The highest BCUT2D eigenvalue weighted by Crippen LogP contribution is 2.32. The minimum absolute atomic E-state index is 0.156. The van der Waals surface area contributed by atoms with Gasteiger partial charge < -0.3 is 20.2 Å². The fraction of sp³-hybridized carbons (Fsp3) is 0.645. The van der Waals surface area contributed by atoms with Crippen molar-refractivity contribution in [2.45, 2.75) is 65.2 Å². The number of para-hydroxylation sites is 1. The Morgan fingerprint density at radius 3 is 2.14 bits per heavy atom. The molecular formula is C31H51N5O. The van der Waals surface area contributed by atoms with E-state index in [0.717, 1.165) is 65.3 Å². The van der Waals surface area contributed by atoms with E-state index in [1.54, 1.807) is 0 Å². The van der Waals surface area contributed by atoms with Gasteiger partial charge in [-0.25, -0.2) is 4.98 Å². The zero-order chi connectivity index (χ0) is 26.9. The van der Waals surface area contributed by atoms with Crippen LogP contribution in [0.3, 0.4) is 0 Å². The molecule has 37 heavy (non-hydrogen) atoms. The van der Waals surface area contributed by atoms with Gasteiger partial charge in [-0.1, -0.05) is 65.8 Å². The van der Waals surface area contributed by atoms with Crippen LogP contribution in [0, 0.1) is 0 Å². The molecule has 0 amide bonds. The number of benzene rings is 1. The molecule has 0 saturated carbocycles. The fourth-order valence-corrected chi connectivity index (χ4v) is 5.18. The lowest BCUT2D eigenvalue weighted by atomic mass is 9.85. The molecule has 2 aromatic rings. The second-order valence-corrected chi connectivity index (χ2v) is 12.4. The van der Waals surface area contributed by atoms with E-state index in [1.807, 2.05) is 12.3 Å². The van der Waals surface area contributed by atoms with Gasteiger partial charge in [0.15, 0.2) is 0 Å². The lowest BCUT2D eigenvalue weighted by Crippen LogP contribution is -2.47. The Labute approximate surface area is 226 Å². The van der Waals surface area contributed by atoms with Crippen molar-refractivity contribution in [3.63, 3.8) is 0 Å². The van der Waals surface area contributed by atoms with Crippen LogP contribution in [-0.4, -0.2) is 80.5 Å². The van der Waals surface area contributed by atoms with Crippen LogP contribution in [0.15, 0.2) is 42.6 Å². The van der Waals surface area contributed by atoms with Crippen molar-refractivity contribution in [3.8, 4) is 0 Å². The first-order chi connectivity index (χ1) is 17.6. The van der Waals surface area contributed by atoms with Crippen molar-refractivity contribution in [1.82, 2.24) is 15.2 Å². The number of nitrogens with one attached hydrogen (secondary N) is 1. The molecular weight excluding hydrogens is 458 g/mol. The summed E-state index contributed by atoms with van der Waals surface area (Å²) in [5, 5.41) is 12.4. The lowest BCUT2D eigenvalue weighted by molar-refractivity contribution is 0.216. The molecule has 1 aromatic heterocycles. The SMILES string of the molecule is CC(C)(C)c1ccccc1N1CCN(CCCO)CC1.CC(C)(C)c1cccnc1N1CCCNCC1. The number of hydrogen-bond acceptors (Lipinski definition) is 6. The molecule has 2 aliphatic rings. The monoisotopic (exact) mass is 509 g/mol. The van der Waals surface area contributed by atoms with Crippen LogP contribution < -0.4 is 15.1 Å². The zero-order valence-corrected chi connectivity index (χ0v) is 24.3. The molecule has 3 heterocycles. The number of anilines is 2. The van der Waals surface area contributed by atoms with E-state index in [4.69, 9.17) is 5.11 Å². The molecule has 2 saturated heterocycles. The highest BCUT2D eigenvalue weighted by molar-refractivity contribution is 5.56. The molecule has 6 heteroatoms. The number of aliphatic hydroxyl groups is 1. The summed E-state index contributed by atoms with van der Waals surface area (Å²) in [4.78, 5) is 12.0. The number of nitrogens with zero attached hydrogens (tertiary/aromatic N) is 4. The second-order valence-electron chi connectivity index (χ2n) is 12.4. The zero-order valence-electron chi connectivity index (χ0n) is 24.3. The van der Waals surface area contributed by atoms with Crippen molar-refractivity contribution in [2.75, 3.05) is 75.3 Å². The normalized spacial score (nSPS) is 17.7. The van der Waals surface area contributed by atoms with Gasteiger partial charge in [-0.15, -0.1) is 0 Å². The Hall–Kier alpha value is -2.15. The summed E-state index contributed by atoms with van der Waals surface area (Å²) in [6, 6.07) is 13.0. The Balaban J connectivity index is 0.000000208. The molecule has 6 nitrogen and oxygen atoms in total. The van der Waals surface area contributed by atoms with E-state index in [0.29, 0.717) is 6.61 Å². The third kappa shape index (κ3) is 8.69. The van der Waals surface area contributed by atoms with Crippen molar-refractivity contribution in [3.05, 3.63) is 53.7 Å². The molecule has 0 unspecified atom stereocenters. The highest BCUT2D eigenvalue weighted by Gasteiger charge is 2.24. The topological polar surface area (TPSA) is 54.9 Å². The van der Waals surface area contributed by atoms with Crippen molar-refractivity contribution in [2.24, 2.45) is 0 Å². The van der Waals surface area contributed by atoms with Crippen molar-refractivity contribution in [1.29, 1.82) is 0 Å². The first-order valence-electron chi connectivity index (χ1n) is 14.2. The van der Waals surface area contributed by atoms with Gasteiger partial charge in [0.2, 0.25) is 0 Å². The van der Waals surface area contributed by atoms with Crippen molar-refractivity contribution < 1.29 is 5.11 Å². The van der Waals surface area contributed by atoms with Gasteiger partial charge in [0, 0.05) is 76.4 Å². The molecule has 2 fully saturated rings. The van der Waals surface area contributed by atoms with Crippen LogP contribution >= 0.6 is 0 Å². The molecule has 2 aliphatic heterocycles.